The van der Waals surface area contributed by atoms with Gasteiger partial charge in [0.25, 0.3) is 5.95 Å². The zero-order valence-corrected chi connectivity index (χ0v) is 9.78. The fourth-order valence-corrected chi connectivity index (χ4v) is 2.71. The molecule has 0 saturated carbocycles. The average Bonchev–Trinajstić information content (AvgIpc) is 2.58. The molecule has 0 N–H and O–H groups in total. The standard InChI is InChI=1S/C8H13N5OS/c1-6-4-13(15(14)5-7(6)2)8-9-11-12(3)10-8/h4-5H2,1-3H3. The van der Waals surface area contributed by atoms with Gasteiger partial charge in [0.15, 0.2) is 0 Å². The maximum Gasteiger partial charge on any atom is 0.278 e. The first-order valence-electron chi connectivity index (χ1n) is 4.63. The normalized spacial score (nSPS) is 22.3. The van der Waals surface area contributed by atoms with Crippen LogP contribution in [0.4, 0.5) is 5.95 Å². The molecule has 1 aromatic heterocycles. The molecule has 0 radical (unpaired) electrons. The topological polar surface area (TPSA) is 63.9 Å². The second-order valence-electron chi connectivity index (χ2n) is 3.64. The highest BCUT2D eigenvalue weighted by molar-refractivity contribution is 7.86. The van der Waals surface area contributed by atoms with E-state index >= 15 is 0 Å². The Balaban J connectivity index is 2.29. The van der Waals surface area contributed by atoms with Crippen molar-refractivity contribution in [3.63, 3.8) is 0 Å². The van der Waals surface area contributed by atoms with Crippen LogP contribution in [0.1, 0.15) is 13.8 Å². The van der Waals surface area contributed by atoms with Gasteiger partial charge in [-0.3, -0.25) is 4.31 Å². The first-order chi connectivity index (χ1) is 7.08. The number of tetrazole rings is 1. The van der Waals surface area contributed by atoms with E-state index < -0.39 is 11.0 Å². The van der Waals surface area contributed by atoms with Gasteiger partial charge in [-0.05, 0) is 19.1 Å². The summed E-state index contributed by atoms with van der Waals surface area (Å²) < 4.78 is 13.5. The van der Waals surface area contributed by atoms with E-state index in [1.807, 2.05) is 13.8 Å². The third kappa shape index (κ3) is 1.92. The largest absolute Gasteiger partial charge is 0.278 e. The molecule has 6 nitrogen and oxygen atoms in total. The van der Waals surface area contributed by atoms with Crippen LogP contribution in [-0.4, -0.2) is 36.7 Å². The number of rotatable bonds is 1. The van der Waals surface area contributed by atoms with E-state index in [1.54, 1.807) is 11.4 Å². The Labute approximate surface area is 90.5 Å². The molecule has 1 aliphatic rings. The van der Waals surface area contributed by atoms with Gasteiger partial charge in [0.2, 0.25) is 0 Å². The Morgan fingerprint density at radius 2 is 2.07 bits per heavy atom. The molecule has 82 valence electrons. The summed E-state index contributed by atoms with van der Waals surface area (Å²) in [4.78, 5) is 1.37. The van der Waals surface area contributed by atoms with Gasteiger partial charge in [0.1, 0.15) is 11.0 Å². The predicted octanol–water partition coefficient (Wildman–Crippen LogP) is 0.0302. The highest BCUT2D eigenvalue weighted by atomic mass is 32.2. The smallest absolute Gasteiger partial charge is 0.253 e. The van der Waals surface area contributed by atoms with Gasteiger partial charge >= 0.3 is 0 Å². The molecule has 0 aromatic carbocycles. The van der Waals surface area contributed by atoms with E-state index in [2.05, 4.69) is 15.4 Å². The van der Waals surface area contributed by atoms with Gasteiger partial charge in [-0.25, -0.2) is 4.21 Å². The molecular weight excluding hydrogens is 214 g/mol. The van der Waals surface area contributed by atoms with Crippen molar-refractivity contribution in [2.75, 3.05) is 16.6 Å². The molecule has 0 spiro atoms. The molecule has 15 heavy (non-hydrogen) atoms. The van der Waals surface area contributed by atoms with Gasteiger partial charge in [-0.15, -0.1) is 5.10 Å². The van der Waals surface area contributed by atoms with Crippen molar-refractivity contribution in [1.82, 2.24) is 20.2 Å². The monoisotopic (exact) mass is 227 g/mol. The molecule has 1 aromatic rings. The number of nitrogens with zero attached hydrogens (tertiary/aromatic N) is 5. The molecule has 0 amide bonds. The van der Waals surface area contributed by atoms with Crippen LogP contribution in [-0.2, 0) is 18.0 Å². The van der Waals surface area contributed by atoms with Crippen molar-refractivity contribution in [3.8, 4) is 0 Å². The summed E-state index contributed by atoms with van der Waals surface area (Å²) in [7, 11) is 0.622. The summed E-state index contributed by atoms with van der Waals surface area (Å²) in [5, 5.41) is 11.6. The summed E-state index contributed by atoms with van der Waals surface area (Å²) >= 11 is 0. The number of anilines is 1. The minimum Gasteiger partial charge on any atom is -0.253 e. The van der Waals surface area contributed by atoms with Crippen LogP contribution in [0.5, 0.6) is 0 Å². The maximum absolute atomic E-state index is 11.8. The molecule has 0 saturated heterocycles. The first kappa shape index (κ1) is 10.3. The zero-order valence-electron chi connectivity index (χ0n) is 8.97. The van der Waals surface area contributed by atoms with Crippen LogP contribution >= 0.6 is 0 Å². The average molecular weight is 227 g/mol. The van der Waals surface area contributed by atoms with Crippen molar-refractivity contribution in [1.29, 1.82) is 0 Å². The lowest BCUT2D eigenvalue weighted by atomic mass is 10.2. The van der Waals surface area contributed by atoms with E-state index in [1.165, 1.54) is 15.9 Å². The third-order valence-electron chi connectivity index (χ3n) is 2.42. The summed E-state index contributed by atoms with van der Waals surface area (Å²) in [5.74, 6) is 0.993. The van der Waals surface area contributed by atoms with Gasteiger partial charge in [-0.1, -0.05) is 16.2 Å². The number of aromatic nitrogens is 4. The minimum atomic E-state index is -1.07. The molecule has 7 heteroatoms. The molecule has 2 heterocycles. The van der Waals surface area contributed by atoms with E-state index in [0.717, 1.165) is 0 Å². The van der Waals surface area contributed by atoms with Gasteiger partial charge in [0.05, 0.1) is 19.3 Å². The number of hydrogen-bond donors (Lipinski definition) is 0. The van der Waals surface area contributed by atoms with Crippen LogP contribution in [0.15, 0.2) is 11.1 Å². The van der Waals surface area contributed by atoms with Gasteiger partial charge in [0, 0.05) is 0 Å². The minimum absolute atomic E-state index is 0.433. The summed E-state index contributed by atoms with van der Waals surface area (Å²) in [6.45, 7) is 4.66. The second-order valence-corrected chi connectivity index (χ2v) is 5.01. The van der Waals surface area contributed by atoms with Crippen molar-refractivity contribution in [2.24, 2.45) is 7.05 Å². The molecule has 1 atom stereocenters. The van der Waals surface area contributed by atoms with Gasteiger partial charge < -0.3 is 0 Å². The lowest BCUT2D eigenvalue weighted by molar-refractivity contribution is 0.629. The zero-order chi connectivity index (χ0) is 11.0. The summed E-state index contributed by atoms with van der Waals surface area (Å²) in [5.41, 5.74) is 2.41. The van der Waals surface area contributed by atoms with Crippen molar-refractivity contribution in [2.45, 2.75) is 13.8 Å². The second kappa shape index (κ2) is 3.73. The number of hydrogen-bond acceptors (Lipinski definition) is 4. The molecule has 0 aliphatic carbocycles. The van der Waals surface area contributed by atoms with Crippen LogP contribution in [0, 0.1) is 0 Å². The van der Waals surface area contributed by atoms with E-state index in [0.29, 0.717) is 18.2 Å². The third-order valence-corrected chi connectivity index (χ3v) is 3.88. The summed E-state index contributed by atoms with van der Waals surface area (Å²) in [6.07, 6.45) is 0. The molecule has 1 aliphatic heterocycles. The lowest BCUT2D eigenvalue weighted by Crippen LogP contribution is -2.35. The Morgan fingerprint density at radius 1 is 1.33 bits per heavy atom. The Hall–Kier alpha value is -1.24. The van der Waals surface area contributed by atoms with Crippen LogP contribution in [0.2, 0.25) is 0 Å². The molecule has 0 fully saturated rings. The lowest BCUT2D eigenvalue weighted by Gasteiger charge is -2.25. The first-order valence-corrected chi connectivity index (χ1v) is 5.91. The molecule has 1 unspecified atom stereocenters. The molecular formula is C8H13N5OS. The van der Waals surface area contributed by atoms with Gasteiger partial charge in [-0.2, -0.15) is 4.80 Å². The molecule has 2 rings (SSSR count). The highest BCUT2D eigenvalue weighted by Gasteiger charge is 2.24. The SMILES string of the molecule is CC1=C(C)CS(=O)N(c2nnn(C)n2)C1. The highest BCUT2D eigenvalue weighted by Crippen LogP contribution is 2.20. The fraction of sp³-hybridized carbons (Fsp3) is 0.625. The Kier molecular flexibility index (Phi) is 2.56. The maximum atomic E-state index is 11.8. The fourth-order valence-electron chi connectivity index (χ4n) is 1.34. The predicted molar refractivity (Wildman–Crippen MR) is 57.5 cm³/mol. The van der Waals surface area contributed by atoms with Crippen LogP contribution in [0.25, 0.3) is 0 Å². The Morgan fingerprint density at radius 3 is 2.67 bits per heavy atom. The van der Waals surface area contributed by atoms with Crippen LogP contribution in [0.3, 0.4) is 0 Å². The summed E-state index contributed by atoms with van der Waals surface area (Å²) in [6, 6.07) is 0. The van der Waals surface area contributed by atoms with Crippen LogP contribution < -0.4 is 4.31 Å². The van der Waals surface area contributed by atoms with E-state index in [9.17, 15) is 4.21 Å². The molecule has 0 bridgehead atoms. The van der Waals surface area contributed by atoms with Crippen molar-refractivity contribution < 1.29 is 4.21 Å². The van der Waals surface area contributed by atoms with Crippen molar-refractivity contribution >= 4 is 16.9 Å². The van der Waals surface area contributed by atoms with E-state index in [4.69, 9.17) is 0 Å². The quantitative estimate of drug-likeness (QED) is 0.635. The number of aryl methyl sites for hydroxylation is 1. The van der Waals surface area contributed by atoms with E-state index in [-0.39, 0.29) is 0 Å². The Bertz CT molecular complexity index is 438. The van der Waals surface area contributed by atoms with Crippen molar-refractivity contribution in [3.05, 3.63) is 11.1 Å².